The molecule has 3 heteroatoms. The molecule has 69 heavy (non-hydrogen) atoms. The Bertz CT molecular complexity index is 3930. The van der Waals surface area contributed by atoms with Crippen molar-refractivity contribution < 1.29 is 4.42 Å². The Morgan fingerprint density at radius 1 is 0.362 bits per heavy atom. The maximum Gasteiger partial charge on any atom is 0.159 e. The molecule has 0 amide bonds. The quantitative estimate of drug-likeness (QED) is 0.144. The van der Waals surface area contributed by atoms with Crippen LogP contribution in [0, 0.1) is 0 Å². The Balaban J connectivity index is 0.957. The summed E-state index contributed by atoms with van der Waals surface area (Å²) in [5.41, 5.74) is 20.3. The van der Waals surface area contributed by atoms with Gasteiger partial charge in [-0.1, -0.05) is 188 Å². The van der Waals surface area contributed by atoms with Gasteiger partial charge in [-0.05, 0) is 135 Å². The van der Waals surface area contributed by atoms with Gasteiger partial charge in [-0.3, -0.25) is 0 Å². The molecule has 2 aromatic heterocycles. The van der Waals surface area contributed by atoms with E-state index in [9.17, 15) is 0 Å². The van der Waals surface area contributed by atoms with E-state index in [0.29, 0.717) is 0 Å². The van der Waals surface area contributed by atoms with E-state index in [1.807, 2.05) is 6.07 Å². The highest BCUT2D eigenvalue weighted by Crippen LogP contribution is 2.45. The zero-order valence-corrected chi connectivity index (χ0v) is 38.0. The number of benzene rings is 10. The van der Waals surface area contributed by atoms with E-state index in [4.69, 9.17) is 4.42 Å². The van der Waals surface area contributed by atoms with Crippen molar-refractivity contribution in [1.29, 1.82) is 0 Å². The summed E-state index contributed by atoms with van der Waals surface area (Å²) >= 11 is 0. The monoisotopic (exact) mass is 882 g/mol. The van der Waals surface area contributed by atoms with Gasteiger partial charge in [0.2, 0.25) is 0 Å². The zero-order valence-electron chi connectivity index (χ0n) is 38.0. The number of anilines is 3. The SMILES string of the molecule is C1=CC(c2ccc(N(c3ccc(-c4ccc5c(c4)c4ccccc4n5-c4cccc5c4oc4ccccc45)cc3)c3ccc(-c4ccccc4)c(-c4ccccc4)c3)cc2-c2ccccc2)=CCC1. The molecule has 0 atom stereocenters. The van der Waals surface area contributed by atoms with Crippen molar-refractivity contribution in [3.63, 3.8) is 0 Å². The van der Waals surface area contributed by atoms with E-state index in [1.54, 1.807) is 0 Å². The number of fused-ring (bicyclic) bond motifs is 6. The van der Waals surface area contributed by atoms with E-state index in [-0.39, 0.29) is 0 Å². The number of para-hydroxylation sites is 3. The van der Waals surface area contributed by atoms with Gasteiger partial charge in [0.15, 0.2) is 5.58 Å². The maximum absolute atomic E-state index is 6.58. The normalized spacial score (nSPS) is 12.6. The van der Waals surface area contributed by atoms with Gasteiger partial charge >= 0.3 is 0 Å². The molecule has 2 heterocycles. The predicted octanol–water partition coefficient (Wildman–Crippen LogP) is 18.6. The third kappa shape index (κ3) is 7.15. The van der Waals surface area contributed by atoms with E-state index in [1.165, 1.54) is 55.3 Å². The Morgan fingerprint density at radius 3 is 1.62 bits per heavy atom. The summed E-state index contributed by atoms with van der Waals surface area (Å²) in [5.74, 6) is 0. The Kier molecular flexibility index (Phi) is 9.98. The Labute approximate surface area is 401 Å². The number of rotatable bonds is 9. The van der Waals surface area contributed by atoms with Crippen LogP contribution >= 0.6 is 0 Å². The lowest BCUT2D eigenvalue weighted by molar-refractivity contribution is 0.666. The molecule has 0 fully saturated rings. The fraction of sp³-hybridized carbons (Fsp3) is 0.0303. The number of nitrogens with zero attached hydrogens (tertiary/aromatic N) is 2. The lowest BCUT2D eigenvalue weighted by Gasteiger charge is -2.28. The lowest BCUT2D eigenvalue weighted by Crippen LogP contribution is -2.11. The topological polar surface area (TPSA) is 21.3 Å². The van der Waals surface area contributed by atoms with Crippen LogP contribution in [0.25, 0.3) is 99.5 Å². The van der Waals surface area contributed by atoms with Gasteiger partial charge in [-0.25, -0.2) is 0 Å². The highest BCUT2D eigenvalue weighted by molar-refractivity contribution is 6.13. The van der Waals surface area contributed by atoms with Crippen LogP contribution < -0.4 is 4.90 Å². The van der Waals surface area contributed by atoms with Gasteiger partial charge in [-0.15, -0.1) is 0 Å². The second-order valence-corrected chi connectivity index (χ2v) is 17.9. The van der Waals surface area contributed by atoms with Gasteiger partial charge in [-0.2, -0.15) is 0 Å². The number of hydrogen-bond acceptors (Lipinski definition) is 2. The first-order valence-corrected chi connectivity index (χ1v) is 23.9. The second-order valence-electron chi connectivity index (χ2n) is 17.9. The highest BCUT2D eigenvalue weighted by Gasteiger charge is 2.21. The maximum atomic E-state index is 6.58. The second kappa shape index (κ2) is 17.1. The Morgan fingerprint density at radius 2 is 0.928 bits per heavy atom. The molecule has 326 valence electrons. The van der Waals surface area contributed by atoms with Crippen LogP contribution in [-0.4, -0.2) is 4.57 Å². The van der Waals surface area contributed by atoms with Crippen LogP contribution in [0.4, 0.5) is 17.1 Å². The summed E-state index contributed by atoms with van der Waals surface area (Å²) in [7, 11) is 0. The summed E-state index contributed by atoms with van der Waals surface area (Å²) in [6, 6.07) is 85.7. The van der Waals surface area contributed by atoms with Crippen molar-refractivity contribution in [3.8, 4) is 50.2 Å². The molecule has 0 unspecified atom stereocenters. The van der Waals surface area contributed by atoms with Crippen molar-refractivity contribution in [2.45, 2.75) is 12.8 Å². The smallest absolute Gasteiger partial charge is 0.159 e. The molecule has 10 aromatic carbocycles. The standard InChI is InChI=1S/C66H46N2O/c1-5-18-46(19-6-1)54-39-37-52(43-59(54)48-22-9-3-10-23-48)67(53-38-40-55(47-20-7-2-8-21-47)60(44-53)49-24-11-4-12-25-49)51-35-32-45(33-36-51)50-34-41-63-61(42-50)56-26-13-15-29-62(56)68(63)64-30-17-28-58-57-27-14-16-31-65(57)69-66(58)64/h1,3-7,9-44H,2,8H2. The molecule has 0 spiro atoms. The molecule has 1 aliphatic rings. The largest absolute Gasteiger partial charge is 0.454 e. The first-order chi connectivity index (χ1) is 34.2. The van der Waals surface area contributed by atoms with Gasteiger partial charge in [0.05, 0.1) is 16.7 Å². The lowest BCUT2D eigenvalue weighted by atomic mass is 9.90. The molecule has 3 nitrogen and oxygen atoms in total. The van der Waals surface area contributed by atoms with Crippen molar-refractivity contribution in [2.24, 2.45) is 0 Å². The van der Waals surface area contributed by atoms with Crippen LogP contribution in [0.2, 0.25) is 0 Å². The van der Waals surface area contributed by atoms with E-state index >= 15 is 0 Å². The molecule has 0 saturated carbocycles. The number of hydrogen-bond donors (Lipinski definition) is 0. The van der Waals surface area contributed by atoms with Crippen LogP contribution in [-0.2, 0) is 0 Å². The molecule has 12 aromatic rings. The molecule has 0 bridgehead atoms. The predicted molar refractivity (Wildman–Crippen MR) is 291 cm³/mol. The summed E-state index contributed by atoms with van der Waals surface area (Å²) < 4.78 is 8.94. The molecule has 0 saturated heterocycles. The summed E-state index contributed by atoms with van der Waals surface area (Å²) in [5, 5.41) is 4.65. The van der Waals surface area contributed by atoms with E-state index in [0.717, 1.165) is 79.7 Å². The summed E-state index contributed by atoms with van der Waals surface area (Å²) in [6.07, 6.45) is 9.08. The van der Waals surface area contributed by atoms with Gasteiger partial charge < -0.3 is 13.9 Å². The molecule has 0 N–H and O–H groups in total. The van der Waals surface area contributed by atoms with Crippen LogP contribution in [0.3, 0.4) is 0 Å². The van der Waals surface area contributed by atoms with Crippen LogP contribution in [0.1, 0.15) is 18.4 Å². The molecular weight excluding hydrogens is 837 g/mol. The average molecular weight is 883 g/mol. The van der Waals surface area contributed by atoms with Gasteiger partial charge in [0, 0.05) is 38.6 Å². The average Bonchev–Trinajstić information content (AvgIpc) is 3.98. The molecular formula is C66H46N2O. The zero-order chi connectivity index (χ0) is 45.7. The van der Waals surface area contributed by atoms with Gasteiger partial charge in [0.25, 0.3) is 0 Å². The molecule has 1 aliphatic carbocycles. The third-order valence-electron chi connectivity index (χ3n) is 13.8. The van der Waals surface area contributed by atoms with E-state index < -0.39 is 0 Å². The molecule has 0 aliphatic heterocycles. The first-order valence-electron chi connectivity index (χ1n) is 23.9. The fourth-order valence-corrected chi connectivity index (χ4v) is 10.6. The Hall–Kier alpha value is -8.92. The van der Waals surface area contributed by atoms with Crippen molar-refractivity contribution in [3.05, 3.63) is 260 Å². The minimum atomic E-state index is 0.893. The summed E-state index contributed by atoms with van der Waals surface area (Å²) in [6.45, 7) is 0. The number of aromatic nitrogens is 1. The van der Waals surface area contributed by atoms with Gasteiger partial charge in [0.1, 0.15) is 5.58 Å². The third-order valence-corrected chi connectivity index (χ3v) is 13.8. The molecule has 13 rings (SSSR count). The number of furan rings is 1. The number of allylic oxidation sites excluding steroid dienone is 4. The van der Waals surface area contributed by atoms with Crippen molar-refractivity contribution in [1.82, 2.24) is 4.57 Å². The minimum Gasteiger partial charge on any atom is -0.454 e. The van der Waals surface area contributed by atoms with Crippen LogP contribution in [0.15, 0.2) is 259 Å². The molecule has 0 radical (unpaired) electrons. The fourth-order valence-electron chi connectivity index (χ4n) is 10.6. The highest BCUT2D eigenvalue weighted by atomic mass is 16.3. The first kappa shape index (κ1) is 40.4. The minimum absolute atomic E-state index is 0.893. The van der Waals surface area contributed by atoms with Crippen molar-refractivity contribution >= 4 is 66.4 Å². The summed E-state index contributed by atoms with van der Waals surface area (Å²) in [4.78, 5) is 2.42. The van der Waals surface area contributed by atoms with Crippen LogP contribution in [0.5, 0.6) is 0 Å². The van der Waals surface area contributed by atoms with Crippen molar-refractivity contribution in [2.75, 3.05) is 4.90 Å². The van der Waals surface area contributed by atoms with E-state index in [2.05, 4.69) is 258 Å².